The van der Waals surface area contributed by atoms with Crippen LogP contribution in [0.4, 0.5) is 0 Å². The lowest BCUT2D eigenvalue weighted by Gasteiger charge is -1.93. The molecule has 1 aliphatic carbocycles. The van der Waals surface area contributed by atoms with E-state index in [0.717, 1.165) is 17.6 Å². The predicted molar refractivity (Wildman–Crippen MR) is 92.9 cm³/mol. The van der Waals surface area contributed by atoms with E-state index in [1.807, 2.05) is 36.4 Å². The van der Waals surface area contributed by atoms with Crippen LogP contribution in [-0.2, 0) is 6.42 Å². The maximum Gasteiger partial charge on any atom is 0.135 e. The van der Waals surface area contributed by atoms with Gasteiger partial charge in [0.15, 0.2) is 0 Å². The largest absolute Gasteiger partial charge is 0.456 e. The van der Waals surface area contributed by atoms with Gasteiger partial charge in [-0.15, -0.1) is 0 Å². The monoisotopic (exact) mass is 284 g/mol. The Bertz CT molecular complexity index is 909. The molecule has 0 aliphatic heterocycles. The zero-order valence-corrected chi connectivity index (χ0v) is 12.2. The second-order valence-corrected chi connectivity index (χ2v) is 5.40. The third-order valence-electron chi connectivity index (χ3n) is 3.97. The van der Waals surface area contributed by atoms with Gasteiger partial charge in [-0.3, -0.25) is 0 Å². The maximum absolute atomic E-state index is 5.65. The molecule has 0 N–H and O–H groups in total. The quantitative estimate of drug-likeness (QED) is 0.395. The van der Waals surface area contributed by atoms with Crippen molar-refractivity contribution in [3.8, 4) is 0 Å². The smallest absolute Gasteiger partial charge is 0.135 e. The van der Waals surface area contributed by atoms with Crippen molar-refractivity contribution in [2.45, 2.75) is 6.42 Å². The Labute approximate surface area is 129 Å². The van der Waals surface area contributed by atoms with Crippen molar-refractivity contribution < 1.29 is 4.42 Å². The van der Waals surface area contributed by atoms with Gasteiger partial charge in [0, 0.05) is 10.8 Å². The molecule has 1 aromatic heterocycles. The van der Waals surface area contributed by atoms with Crippen LogP contribution >= 0.6 is 0 Å². The molecule has 0 atom stereocenters. The van der Waals surface area contributed by atoms with Crippen molar-refractivity contribution >= 4 is 28.0 Å². The Hall–Kier alpha value is -2.80. The normalized spacial score (nSPS) is 12.2. The summed E-state index contributed by atoms with van der Waals surface area (Å²) >= 11 is 0. The summed E-state index contributed by atoms with van der Waals surface area (Å²) in [6.45, 7) is 0. The average molecular weight is 284 g/mol. The topological polar surface area (TPSA) is 13.1 Å². The van der Waals surface area contributed by atoms with Crippen LogP contribution in [0.15, 0.2) is 83.3 Å². The molecule has 1 aliphatic rings. The Kier molecular flexibility index (Phi) is 3.24. The molecule has 0 bridgehead atoms. The van der Waals surface area contributed by atoms with Crippen LogP contribution in [0.5, 0.6) is 0 Å². The third-order valence-corrected chi connectivity index (χ3v) is 3.97. The summed E-state index contributed by atoms with van der Waals surface area (Å²) < 4.78 is 5.65. The van der Waals surface area contributed by atoms with Gasteiger partial charge in [-0.05, 0) is 29.7 Å². The molecule has 0 unspecified atom stereocenters. The first-order valence-corrected chi connectivity index (χ1v) is 7.52. The lowest BCUT2D eigenvalue weighted by atomic mass is 10.1. The molecule has 1 nitrogen and oxygen atoms in total. The SMILES string of the molecule is C1=Cc2ccccc2C1.c1ccc2c(c1)oc1ccccc12. The number of benzene rings is 3. The molecule has 3 aromatic carbocycles. The predicted octanol–water partition coefficient (Wildman–Crippen LogP) is 5.84. The summed E-state index contributed by atoms with van der Waals surface area (Å²) in [6, 6.07) is 24.7. The molecule has 1 heteroatoms. The molecule has 106 valence electrons. The standard InChI is InChI=1S/C12H8O.C9H8/c1-3-7-11-9(5-1)10-6-2-4-8-12(10)13-11;1-2-5-9-7-3-6-8(9)4-1/h1-8H;1-6H,7H2. The molecule has 0 amide bonds. The highest BCUT2D eigenvalue weighted by Crippen LogP contribution is 2.27. The Morgan fingerprint density at radius 1 is 0.636 bits per heavy atom. The summed E-state index contributed by atoms with van der Waals surface area (Å²) in [5.41, 5.74) is 4.77. The van der Waals surface area contributed by atoms with Crippen molar-refractivity contribution in [1.29, 1.82) is 0 Å². The summed E-state index contributed by atoms with van der Waals surface area (Å²) in [5, 5.41) is 2.39. The highest BCUT2D eigenvalue weighted by Gasteiger charge is 2.03. The van der Waals surface area contributed by atoms with E-state index in [4.69, 9.17) is 4.42 Å². The number of rotatable bonds is 0. The van der Waals surface area contributed by atoms with E-state index in [-0.39, 0.29) is 0 Å². The summed E-state index contributed by atoms with van der Waals surface area (Å²) in [4.78, 5) is 0. The van der Waals surface area contributed by atoms with Gasteiger partial charge < -0.3 is 4.42 Å². The van der Waals surface area contributed by atoms with Crippen molar-refractivity contribution in [3.63, 3.8) is 0 Å². The highest BCUT2D eigenvalue weighted by molar-refractivity contribution is 6.04. The van der Waals surface area contributed by atoms with Gasteiger partial charge in [0.2, 0.25) is 0 Å². The van der Waals surface area contributed by atoms with Crippen LogP contribution in [0, 0.1) is 0 Å². The highest BCUT2D eigenvalue weighted by atomic mass is 16.3. The lowest BCUT2D eigenvalue weighted by Crippen LogP contribution is -1.76. The third kappa shape index (κ3) is 2.31. The van der Waals surface area contributed by atoms with E-state index >= 15 is 0 Å². The molecule has 5 rings (SSSR count). The minimum atomic E-state index is 0.962. The fourth-order valence-corrected chi connectivity index (χ4v) is 2.87. The number of hydrogen-bond donors (Lipinski definition) is 0. The van der Waals surface area contributed by atoms with Crippen molar-refractivity contribution in [3.05, 3.63) is 90.0 Å². The molecule has 0 radical (unpaired) electrons. The first kappa shape index (κ1) is 12.9. The van der Waals surface area contributed by atoms with Gasteiger partial charge in [-0.1, -0.05) is 72.8 Å². The van der Waals surface area contributed by atoms with Gasteiger partial charge in [0.1, 0.15) is 11.2 Å². The minimum Gasteiger partial charge on any atom is -0.456 e. The van der Waals surface area contributed by atoms with E-state index in [9.17, 15) is 0 Å². The molecule has 4 aromatic rings. The average Bonchev–Trinajstić information content (AvgIpc) is 3.19. The van der Waals surface area contributed by atoms with Crippen LogP contribution < -0.4 is 0 Å². The van der Waals surface area contributed by atoms with Gasteiger partial charge in [-0.25, -0.2) is 0 Å². The van der Waals surface area contributed by atoms with E-state index in [1.54, 1.807) is 0 Å². The number of hydrogen-bond acceptors (Lipinski definition) is 1. The Morgan fingerprint density at radius 3 is 1.91 bits per heavy atom. The van der Waals surface area contributed by atoms with E-state index in [1.165, 1.54) is 21.9 Å². The second-order valence-electron chi connectivity index (χ2n) is 5.40. The van der Waals surface area contributed by atoms with Crippen LogP contribution in [0.1, 0.15) is 11.1 Å². The summed E-state index contributed by atoms with van der Waals surface area (Å²) in [7, 11) is 0. The van der Waals surface area contributed by atoms with E-state index in [2.05, 4.69) is 48.6 Å². The second kappa shape index (κ2) is 5.53. The molecule has 0 fully saturated rings. The Balaban J connectivity index is 0.000000122. The van der Waals surface area contributed by atoms with Gasteiger partial charge in [0.25, 0.3) is 0 Å². The first-order valence-electron chi connectivity index (χ1n) is 7.52. The minimum absolute atomic E-state index is 0.962. The van der Waals surface area contributed by atoms with Gasteiger partial charge in [-0.2, -0.15) is 0 Å². The first-order chi connectivity index (χ1) is 10.9. The van der Waals surface area contributed by atoms with Crippen LogP contribution in [0.3, 0.4) is 0 Å². The number of furan rings is 1. The number of fused-ring (bicyclic) bond motifs is 4. The maximum atomic E-state index is 5.65. The molecule has 0 saturated carbocycles. The number of para-hydroxylation sites is 2. The van der Waals surface area contributed by atoms with Crippen molar-refractivity contribution in [2.75, 3.05) is 0 Å². The summed E-state index contributed by atoms with van der Waals surface area (Å²) in [6.07, 6.45) is 5.50. The van der Waals surface area contributed by atoms with E-state index < -0.39 is 0 Å². The van der Waals surface area contributed by atoms with Crippen molar-refractivity contribution in [2.24, 2.45) is 0 Å². The molecular weight excluding hydrogens is 268 g/mol. The zero-order chi connectivity index (χ0) is 14.8. The lowest BCUT2D eigenvalue weighted by molar-refractivity contribution is 0.669. The van der Waals surface area contributed by atoms with Crippen LogP contribution in [0.25, 0.3) is 28.0 Å². The van der Waals surface area contributed by atoms with Gasteiger partial charge in [0.05, 0.1) is 0 Å². The molecule has 22 heavy (non-hydrogen) atoms. The zero-order valence-electron chi connectivity index (χ0n) is 12.2. The van der Waals surface area contributed by atoms with Crippen molar-refractivity contribution in [1.82, 2.24) is 0 Å². The fraction of sp³-hybridized carbons (Fsp3) is 0.0476. The van der Waals surface area contributed by atoms with Gasteiger partial charge >= 0.3 is 0 Å². The Morgan fingerprint density at radius 2 is 1.23 bits per heavy atom. The molecule has 0 spiro atoms. The number of allylic oxidation sites excluding steroid dienone is 1. The molecule has 0 saturated heterocycles. The molecular formula is C21H16O. The van der Waals surface area contributed by atoms with Crippen LogP contribution in [-0.4, -0.2) is 0 Å². The summed E-state index contributed by atoms with van der Waals surface area (Å²) in [5.74, 6) is 0. The van der Waals surface area contributed by atoms with E-state index in [0.29, 0.717) is 0 Å². The molecule has 1 heterocycles. The fourth-order valence-electron chi connectivity index (χ4n) is 2.87. The van der Waals surface area contributed by atoms with Crippen LogP contribution in [0.2, 0.25) is 0 Å².